The van der Waals surface area contributed by atoms with Gasteiger partial charge in [-0.3, -0.25) is 14.4 Å². The highest BCUT2D eigenvalue weighted by Crippen LogP contribution is 2.18. The molecule has 0 spiro atoms. The van der Waals surface area contributed by atoms with Gasteiger partial charge in [-0.05, 0) is 43.0 Å². The molecule has 2 aromatic rings. The van der Waals surface area contributed by atoms with Crippen molar-refractivity contribution in [2.45, 2.75) is 30.3 Å². The number of nitrogens with zero attached hydrogens (tertiary/aromatic N) is 2. The Morgan fingerprint density at radius 3 is 2.65 bits per heavy atom. The van der Waals surface area contributed by atoms with Crippen LogP contribution in [0.4, 0.5) is 0 Å². The molecule has 1 atom stereocenters. The first-order chi connectivity index (χ1) is 14.8. The Morgan fingerprint density at radius 1 is 1.19 bits per heavy atom. The second-order valence-electron chi connectivity index (χ2n) is 7.11. The zero-order valence-electron chi connectivity index (χ0n) is 16.7. The van der Waals surface area contributed by atoms with Gasteiger partial charge in [-0.1, -0.05) is 24.3 Å². The van der Waals surface area contributed by atoms with Gasteiger partial charge in [-0.25, -0.2) is 13.4 Å². The quantitative estimate of drug-likeness (QED) is 0.637. The highest BCUT2D eigenvalue weighted by atomic mass is 32.2. The predicted molar refractivity (Wildman–Crippen MR) is 112 cm³/mol. The average molecular weight is 444 g/mol. The van der Waals surface area contributed by atoms with Gasteiger partial charge in [-0.15, -0.1) is 0 Å². The van der Waals surface area contributed by atoms with E-state index in [2.05, 4.69) is 10.3 Å². The van der Waals surface area contributed by atoms with Gasteiger partial charge in [0.25, 0.3) is 10.0 Å². The van der Waals surface area contributed by atoms with Gasteiger partial charge < -0.3 is 11.1 Å². The number of carbonyl (C=O) groups excluding carboxylic acids is 3. The Bertz CT molecular complexity index is 1070. The Morgan fingerprint density at radius 2 is 1.94 bits per heavy atom. The smallest absolute Gasteiger partial charge is 0.260 e. The lowest BCUT2D eigenvalue weighted by atomic mass is 10.0. The monoisotopic (exact) mass is 443 g/mol. The van der Waals surface area contributed by atoms with Crippen molar-refractivity contribution in [3.05, 3.63) is 66.2 Å². The number of carbonyl (C=O) groups is 3. The van der Waals surface area contributed by atoms with Crippen molar-refractivity contribution < 1.29 is 22.8 Å². The second-order valence-corrected chi connectivity index (χ2v) is 8.99. The van der Waals surface area contributed by atoms with Crippen molar-refractivity contribution in [1.82, 2.24) is 14.6 Å². The molecule has 3 N–H and O–H groups in total. The summed E-state index contributed by atoms with van der Waals surface area (Å²) in [6.07, 6.45) is 3.62. The number of rotatable bonds is 7. The SMILES string of the molecule is NC(=O)c1ccccc1C[CH]C(=O)N[C@H]1CCCN(S(=O)(=O)c2ccccn2)CC1=O. The van der Waals surface area contributed by atoms with E-state index >= 15 is 0 Å². The number of benzene rings is 1. The van der Waals surface area contributed by atoms with Crippen LogP contribution in [0.1, 0.15) is 28.8 Å². The van der Waals surface area contributed by atoms with Crippen LogP contribution in [0.3, 0.4) is 0 Å². The van der Waals surface area contributed by atoms with E-state index in [9.17, 15) is 22.8 Å². The lowest BCUT2D eigenvalue weighted by Crippen LogP contribution is -2.44. The molecule has 1 aromatic carbocycles. The van der Waals surface area contributed by atoms with Gasteiger partial charge in [0.15, 0.2) is 10.8 Å². The molecule has 2 heterocycles. The first-order valence-corrected chi connectivity index (χ1v) is 11.2. The van der Waals surface area contributed by atoms with E-state index < -0.39 is 33.7 Å². The third kappa shape index (κ3) is 5.53. The first kappa shape index (κ1) is 22.6. The normalized spacial score (nSPS) is 17.7. The number of Topliss-reactive ketones (excluding diaryl/α,β-unsaturated/α-hetero) is 1. The number of primary amides is 1. The molecule has 1 saturated heterocycles. The average Bonchev–Trinajstić information content (AvgIpc) is 2.95. The van der Waals surface area contributed by atoms with Crippen molar-refractivity contribution in [2.75, 3.05) is 13.1 Å². The number of ketones is 1. The summed E-state index contributed by atoms with van der Waals surface area (Å²) in [5, 5.41) is 2.52. The molecule has 31 heavy (non-hydrogen) atoms. The number of hydrogen-bond donors (Lipinski definition) is 2. The maximum atomic E-state index is 12.7. The summed E-state index contributed by atoms with van der Waals surface area (Å²) in [5.41, 5.74) is 6.27. The summed E-state index contributed by atoms with van der Waals surface area (Å²) in [6.45, 7) is -0.179. The summed E-state index contributed by atoms with van der Waals surface area (Å²) >= 11 is 0. The molecule has 3 rings (SSSR count). The number of pyridine rings is 1. The van der Waals surface area contributed by atoms with Crippen LogP contribution in [0, 0.1) is 6.42 Å². The number of aromatic nitrogens is 1. The molecule has 0 saturated carbocycles. The van der Waals surface area contributed by atoms with Crippen LogP contribution >= 0.6 is 0 Å². The van der Waals surface area contributed by atoms with E-state index in [0.717, 1.165) is 4.31 Å². The predicted octanol–water partition coefficient (Wildman–Crippen LogP) is 0.466. The van der Waals surface area contributed by atoms with E-state index in [0.29, 0.717) is 24.0 Å². The molecule has 0 unspecified atom stereocenters. The van der Waals surface area contributed by atoms with E-state index in [1.54, 1.807) is 36.4 Å². The van der Waals surface area contributed by atoms with Crippen molar-refractivity contribution in [3.8, 4) is 0 Å². The number of hydrogen-bond acceptors (Lipinski definition) is 6. The fraction of sp³-hybridized carbons (Fsp3) is 0.286. The van der Waals surface area contributed by atoms with Crippen LogP contribution in [0.15, 0.2) is 53.7 Å². The minimum absolute atomic E-state index is 0.119. The highest BCUT2D eigenvalue weighted by molar-refractivity contribution is 7.89. The lowest BCUT2D eigenvalue weighted by molar-refractivity contribution is -0.126. The van der Waals surface area contributed by atoms with E-state index in [1.165, 1.54) is 18.7 Å². The molecule has 10 heteroatoms. The Balaban J connectivity index is 1.60. The zero-order valence-corrected chi connectivity index (χ0v) is 17.5. The lowest BCUT2D eigenvalue weighted by Gasteiger charge is -2.19. The Hall–Kier alpha value is -3.11. The number of sulfonamides is 1. The topological polar surface area (TPSA) is 140 Å². The highest BCUT2D eigenvalue weighted by Gasteiger charge is 2.33. The summed E-state index contributed by atoms with van der Waals surface area (Å²) < 4.78 is 26.6. The van der Waals surface area contributed by atoms with Gasteiger partial charge in [-0.2, -0.15) is 4.31 Å². The number of amides is 2. The molecule has 1 aromatic heterocycles. The summed E-state index contributed by atoms with van der Waals surface area (Å²) in [4.78, 5) is 40.3. The minimum atomic E-state index is -3.89. The molecule has 1 aliphatic rings. The van der Waals surface area contributed by atoms with Gasteiger partial charge >= 0.3 is 0 Å². The van der Waals surface area contributed by atoms with Gasteiger partial charge in [0.05, 0.1) is 19.0 Å². The van der Waals surface area contributed by atoms with Crippen molar-refractivity contribution in [3.63, 3.8) is 0 Å². The van der Waals surface area contributed by atoms with Crippen LogP contribution in [-0.2, 0) is 26.0 Å². The molecule has 163 valence electrons. The van der Waals surface area contributed by atoms with Crippen molar-refractivity contribution in [2.24, 2.45) is 5.73 Å². The summed E-state index contributed by atoms with van der Waals surface area (Å²) in [7, 11) is -3.89. The van der Waals surface area contributed by atoms with Crippen LogP contribution in [0.5, 0.6) is 0 Å². The van der Waals surface area contributed by atoms with E-state index in [4.69, 9.17) is 5.73 Å². The number of nitrogens with two attached hydrogens (primary N) is 1. The molecule has 2 amide bonds. The maximum Gasteiger partial charge on any atom is 0.260 e. The summed E-state index contributed by atoms with van der Waals surface area (Å²) in [5.74, 6) is -1.45. The molecule has 0 bridgehead atoms. The Labute approximate surface area is 180 Å². The van der Waals surface area contributed by atoms with Gasteiger partial charge in [0.2, 0.25) is 11.8 Å². The number of nitrogens with one attached hydrogen (secondary N) is 1. The molecule has 9 nitrogen and oxygen atoms in total. The largest absolute Gasteiger partial charge is 0.366 e. The van der Waals surface area contributed by atoms with Gasteiger partial charge in [0, 0.05) is 18.3 Å². The minimum Gasteiger partial charge on any atom is -0.366 e. The maximum absolute atomic E-state index is 12.7. The van der Waals surface area contributed by atoms with Crippen LogP contribution in [-0.4, -0.2) is 54.4 Å². The molecule has 1 aliphatic heterocycles. The summed E-state index contributed by atoms with van der Waals surface area (Å²) in [6, 6.07) is 10.4. The van der Waals surface area contributed by atoms with E-state index in [-0.39, 0.29) is 24.5 Å². The third-order valence-electron chi connectivity index (χ3n) is 4.97. The zero-order chi connectivity index (χ0) is 22.4. The van der Waals surface area contributed by atoms with Gasteiger partial charge in [0.1, 0.15) is 0 Å². The Kier molecular flexibility index (Phi) is 7.13. The molecule has 0 aliphatic carbocycles. The van der Waals surface area contributed by atoms with Crippen molar-refractivity contribution >= 4 is 27.6 Å². The fourth-order valence-corrected chi connectivity index (χ4v) is 4.73. The molecular formula is C21H23N4O5S. The first-order valence-electron chi connectivity index (χ1n) is 9.74. The second kappa shape index (κ2) is 9.80. The van der Waals surface area contributed by atoms with Crippen LogP contribution in [0.2, 0.25) is 0 Å². The molecular weight excluding hydrogens is 420 g/mol. The molecule has 1 radical (unpaired) electrons. The van der Waals surface area contributed by atoms with Crippen LogP contribution < -0.4 is 11.1 Å². The standard InChI is InChI=1S/C21H23N4O5S/c22-21(28)16-7-2-1-6-15(16)10-11-19(27)24-17-8-5-13-25(14-18(17)26)31(29,30)20-9-3-4-12-23-20/h1-4,6-7,9,11-12,17H,5,8,10,13-14H2,(H2,22,28)(H,24,27)/t17-/m0/s1. The fourth-order valence-electron chi connectivity index (χ4n) is 3.36. The van der Waals surface area contributed by atoms with Crippen molar-refractivity contribution in [1.29, 1.82) is 0 Å². The van der Waals surface area contributed by atoms with E-state index in [1.807, 2.05) is 0 Å². The van der Waals surface area contributed by atoms with Crippen LogP contribution in [0.25, 0.3) is 0 Å². The molecule has 1 fully saturated rings. The third-order valence-corrected chi connectivity index (χ3v) is 6.73.